The molecule has 17 heavy (non-hydrogen) atoms. The summed E-state index contributed by atoms with van der Waals surface area (Å²) in [5.74, 6) is 0. The van der Waals surface area contributed by atoms with E-state index >= 15 is 0 Å². The Balaban J connectivity index is 2.63. The number of hydrogen-bond acceptors (Lipinski definition) is 3. The molecule has 0 radical (unpaired) electrons. The number of hydrogen-bond donors (Lipinski definition) is 1. The molecule has 0 unspecified atom stereocenters. The Morgan fingerprint density at radius 1 is 1.35 bits per heavy atom. The molecule has 1 heterocycles. The van der Waals surface area contributed by atoms with Gasteiger partial charge in [-0.15, -0.1) is 0 Å². The molecule has 0 aliphatic rings. The summed E-state index contributed by atoms with van der Waals surface area (Å²) in [7, 11) is 0. The minimum absolute atomic E-state index is 0.420. The fraction of sp³-hybridized carbons (Fsp3) is 0.0769. The second-order valence-corrected chi connectivity index (χ2v) is 4.24. The quantitative estimate of drug-likeness (QED) is 0.864. The topological polar surface area (TPSA) is 38.9 Å². The summed E-state index contributed by atoms with van der Waals surface area (Å²) in [4.78, 5) is 4.36. The third-order valence-electron chi connectivity index (χ3n) is 2.51. The van der Waals surface area contributed by atoms with Crippen LogP contribution in [0.1, 0.15) is 11.1 Å². The van der Waals surface area contributed by atoms with Gasteiger partial charge in [-0.25, -0.2) is 0 Å². The highest BCUT2D eigenvalue weighted by Gasteiger charge is 2.09. The van der Waals surface area contributed by atoms with Crippen molar-refractivity contribution < 1.29 is 0 Å². The van der Waals surface area contributed by atoms with E-state index in [0.717, 1.165) is 22.4 Å². The number of thiocarbonyl (C=S) groups is 1. The molecule has 4 heteroatoms. The van der Waals surface area contributed by atoms with Crippen LogP contribution < -0.4 is 5.73 Å². The maximum Gasteiger partial charge on any atom is 0.0785 e. The van der Waals surface area contributed by atoms with Crippen molar-refractivity contribution in [3.05, 3.63) is 52.7 Å². The van der Waals surface area contributed by atoms with Crippen molar-refractivity contribution in [2.45, 2.75) is 6.54 Å². The average molecular weight is 263 g/mol. The zero-order valence-electron chi connectivity index (χ0n) is 9.06. The first-order valence-electron chi connectivity index (χ1n) is 5.15. The van der Waals surface area contributed by atoms with Crippen LogP contribution in [0.25, 0.3) is 11.3 Å². The summed E-state index contributed by atoms with van der Waals surface area (Å²) in [5, 5.41) is 2.30. The summed E-state index contributed by atoms with van der Waals surface area (Å²) in [6, 6.07) is 9.41. The van der Waals surface area contributed by atoms with Crippen LogP contribution in [0.15, 0.2) is 36.5 Å². The molecule has 0 fully saturated rings. The molecule has 0 saturated carbocycles. The largest absolute Gasteiger partial charge is 0.326 e. The van der Waals surface area contributed by atoms with Gasteiger partial charge in [-0.1, -0.05) is 36.0 Å². The Labute approximate surface area is 110 Å². The van der Waals surface area contributed by atoms with Crippen LogP contribution in [-0.2, 0) is 6.54 Å². The second kappa shape index (κ2) is 5.36. The summed E-state index contributed by atoms with van der Waals surface area (Å²) in [6.07, 6.45) is 1.74. The molecule has 0 aliphatic heterocycles. The molecular weight excluding hydrogens is 252 g/mol. The zero-order valence-corrected chi connectivity index (χ0v) is 10.6. The molecule has 1 aromatic carbocycles. The molecule has 0 aliphatic carbocycles. The van der Waals surface area contributed by atoms with Crippen molar-refractivity contribution in [3.8, 4) is 11.3 Å². The second-order valence-electron chi connectivity index (χ2n) is 3.56. The van der Waals surface area contributed by atoms with Gasteiger partial charge >= 0.3 is 0 Å². The first-order valence-corrected chi connectivity index (χ1v) is 6.00. The standard InChI is InChI=1S/C13H11ClN2S/c14-11-3-4-12(10(6-11)7-15)13-9(8-17)2-1-5-16-13/h1-6,8H,7,15H2. The van der Waals surface area contributed by atoms with Gasteiger partial charge in [-0.05, 0) is 23.8 Å². The highest BCUT2D eigenvalue weighted by molar-refractivity contribution is 7.79. The fourth-order valence-corrected chi connectivity index (χ4v) is 2.08. The smallest absolute Gasteiger partial charge is 0.0785 e. The Hall–Kier alpha value is -1.29. The lowest BCUT2D eigenvalue weighted by atomic mass is 10.0. The molecule has 86 valence electrons. The zero-order chi connectivity index (χ0) is 12.3. The number of rotatable bonds is 3. The van der Waals surface area contributed by atoms with Gasteiger partial charge < -0.3 is 5.73 Å². The molecule has 0 saturated heterocycles. The SMILES string of the molecule is NCc1cc(Cl)ccc1-c1ncccc1C=S. The molecule has 0 atom stereocenters. The Morgan fingerprint density at radius 3 is 2.88 bits per heavy atom. The molecule has 2 N–H and O–H groups in total. The number of benzene rings is 1. The predicted octanol–water partition coefficient (Wildman–Crippen LogP) is 3.21. The van der Waals surface area contributed by atoms with Crippen molar-refractivity contribution in [3.63, 3.8) is 0 Å². The normalized spacial score (nSPS) is 10.2. The van der Waals surface area contributed by atoms with Gasteiger partial charge in [-0.2, -0.15) is 0 Å². The third-order valence-corrected chi connectivity index (χ3v) is 3.00. The first kappa shape index (κ1) is 12.2. The molecule has 0 amide bonds. The van der Waals surface area contributed by atoms with Gasteiger partial charge in [-0.3, -0.25) is 4.98 Å². The van der Waals surface area contributed by atoms with Crippen LogP contribution >= 0.6 is 23.8 Å². The van der Waals surface area contributed by atoms with E-state index in [4.69, 9.17) is 29.6 Å². The summed E-state index contributed by atoms with van der Waals surface area (Å²) in [6.45, 7) is 0.420. The van der Waals surface area contributed by atoms with E-state index in [-0.39, 0.29) is 0 Å². The van der Waals surface area contributed by atoms with Crippen LogP contribution in [0.4, 0.5) is 0 Å². The van der Waals surface area contributed by atoms with Crippen molar-refractivity contribution in [1.82, 2.24) is 4.98 Å². The first-order chi connectivity index (χ1) is 8.26. The summed E-state index contributed by atoms with van der Waals surface area (Å²) < 4.78 is 0. The van der Waals surface area contributed by atoms with Gasteiger partial charge in [0.2, 0.25) is 0 Å². The minimum atomic E-state index is 0.420. The van der Waals surface area contributed by atoms with E-state index in [1.54, 1.807) is 11.6 Å². The Kier molecular flexibility index (Phi) is 3.84. The van der Waals surface area contributed by atoms with Crippen LogP contribution in [0.3, 0.4) is 0 Å². The van der Waals surface area contributed by atoms with Gasteiger partial charge in [0.15, 0.2) is 0 Å². The van der Waals surface area contributed by atoms with Gasteiger partial charge in [0.05, 0.1) is 5.69 Å². The van der Waals surface area contributed by atoms with E-state index in [0.29, 0.717) is 11.6 Å². The Morgan fingerprint density at radius 2 is 2.18 bits per heavy atom. The van der Waals surface area contributed by atoms with Crippen molar-refractivity contribution in [2.75, 3.05) is 0 Å². The number of aromatic nitrogens is 1. The van der Waals surface area contributed by atoms with Gasteiger partial charge in [0.1, 0.15) is 0 Å². The molecule has 0 bridgehead atoms. The molecule has 2 aromatic rings. The van der Waals surface area contributed by atoms with E-state index in [9.17, 15) is 0 Å². The average Bonchev–Trinajstić information content (AvgIpc) is 2.38. The van der Waals surface area contributed by atoms with Crippen molar-refractivity contribution in [2.24, 2.45) is 5.73 Å². The lowest BCUT2D eigenvalue weighted by molar-refractivity contribution is 1.07. The van der Waals surface area contributed by atoms with E-state index in [1.807, 2.05) is 30.3 Å². The molecule has 2 rings (SSSR count). The van der Waals surface area contributed by atoms with E-state index in [1.165, 1.54) is 0 Å². The van der Waals surface area contributed by atoms with Gasteiger partial charge in [0, 0.05) is 34.3 Å². The maximum absolute atomic E-state index is 5.95. The molecule has 2 nitrogen and oxygen atoms in total. The number of nitrogens with zero attached hydrogens (tertiary/aromatic N) is 1. The highest BCUT2D eigenvalue weighted by Crippen LogP contribution is 2.26. The highest BCUT2D eigenvalue weighted by atomic mass is 35.5. The maximum atomic E-state index is 5.95. The monoisotopic (exact) mass is 262 g/mol. The van der Waals surface area contributed by atoms with E-state index in [2.05, 4.69) is 4.98 Å². The van der Waals surface area contributed by atoms with Gasteiger partial charge in [0.25, 0.3) is 0 Å². The minimum Gasteiger partial charge on any atom is -0.326 e. The fourth-order valence-electron chi connectivity index (χ4n) is 1.70. The number of nitrogens with two attached hydrogens (primary N) is 1. The molecule has 0 spiro atoms. The van der Waals surface area contributed by atoms with E-state index < -0.39 is 0 Å². The molecular formula is C13H11ClN2S. The van der Waals surface area contributed by atoms with Crippen LogP contribution in [0, 0.1) is 0 Å². The van der Waals surface area contributed by atoms with Crippen LogP contribution in [-0.4, -0.2) is 10.4 Å². The van der Waals surface area contributed by atoms with Crippen molar-refractivity contribution in [1.29, 1.82) is 0 Å². The predicted molar refractivity (Wildman–Crippen MR) is 75.3 cm³/mol. The number of pyridine rings is 1. The third kappa shape index (κ3) is 2.52. The lowest BCUT2D eigenvalue weighted by Crippen LogP contribution is -2.01. The lowest BCUT2D eigenvalue weighted by Gasteiger charge is -2.09. The van der Waals surface area contributed by atoms with Crippen LogP contribution in [0.2, 0.25) is 5.02 Å². The van der Waals surface area contributed by atoms with Crippen LogP contribution in [0.5, 0.6) is 0 Å². The Bertz CT molecular complexity index is 555. The summed E-state index contributed by atoms with van der Waals surface area (Å²) >= 11 is 10.9. The summed E-state index contributed by atoms with van der Waals surface area (Å²) in [5.41, 5.74) is 9.44. The number of halogens is 1. The molecule has 1 aromatic heterocycles. The van der Waals surface area contributed by atoms with Crippen molar-refractivity contribution >= 4 is 29.2 Å².